The minimum atomic E-state index is -0.986. The van der Waals surface area contributed by atoms with Crippen LogP contribution in [0.4, 0.5) is 0 Å². The highest BCUT2D eigenvalue weighted by molar-refractivity contribution is 5.88. The Bertz CT molecular complexity index is 829. The summed E-state index contributed by atoms with van der Waals surface area (Å²) in [6.45, 7) is 3.91. The number of ether oxygens (including phenoxy) is 3. The molecule has 10 heteroatoms. The summed E-state index contributed by atoms with van der Waals surface area (Å²) >= 11 is 0. The minimum absolute atomic E-state index is 0.0757. The van der Waals surface area contributed by atoms with Crippen molar-refractivity contribution in [3.8, 4) is 0 Å². The molecule has 3 aliphatic heterocycles. The van der Waals surface area contributed by atoms with Crippen molar-refractivity contribution >= 4 is 11.8 Å². The average molecular weight is 512 g/mol. The number of hydrogen-bond donors (Lipinski definition) is 5. The average Bonchev–Trinajstić information content (AvgIpc) is 2.85. The van der Waals surface area contributed by atoms with Gasteiger partial charge in [0.1, 0.15) is 23.7 Å². The summed E-state index contributed by atoms with van der Waals surface area (Å²) in [6, 6.07) is 0. The van der Waals surface area contributed by atoms with Crippen LogP contribution in [0.2, 0.25) is 0 Å². The molecule has 0 spiro atoms. The lowest BCUT2D eigenvalue weighted by Gasteiger charge is -2.54. The van der Waals surface area contributed by atoms with Crippen molar-refractivity contribution < 1.29 is 44.4 Å². The maximum absolute atomic E-state index is 12.8. The van der Waals surface area contributed by atoms with Crippen molar-refractivity contribution in [3.63, 3.8) is 0 Å². The molecule has 0 aromatic carbocycles. The van der Waals surface area contributed by atoms with E-state index in [1.54, 1.807) is 6.92 Å². The first-order valence-corrected chi connectivity index (χ1v) is 13.4. The Hall–Kier alpha value is -1.40. The lowest BCUT2D eigenvalue weighted by atomic mass is 9.66. The molecule has 0 radical (unpaired) electrons. The number of quaternary nitrogens is 1. The Balaban J connectivity index is 1.53. The summed E-state index contributed by atoms with van der Waals surface area (Å²) in [5, 5.41) is 32.5. The molecule has 4 rings (SSSR count). The van der Waals surface area contributed by atoms with Crippen LogP contribution in [-0.4, -0.2) is 89.1 Å². The number of esters is 1. The third-order valence-electron chi connectivity index (χ3n) is 8.87. The number of aliphatic hydroxyl groups excluding tert-OH is 3. The van der Waals surface area contributed by atoms with E-state index in [1.165, 1.54) is 6.08 Å². The number of rotatable bonds is 7. The van der Waals surface area contributed by atoms with Crippen LogP contribution in [0.5, 0.6) is 0 Å². The van der Waals surface area contributed by atoms with Crippen LogP contribution >= 0.6 is 0 Å². The standard InChI is InChI=1S/C26H42N2O8/c1-3-15(12-29)25(33)35-21-9-17-19(10-20-23(24(17)32)18(31)8-16(13-30)34-20)36-26(21,2)7-6-14-4-5-22(27)28-11-14/h3,14,16-17,19-24,28-30,32H,4-13,27H2,1-2H3/p+1/t14?,16?,17?,19?,20?,21-,22?,23?,24?,26-/m0/s1. The molecular weight excluding hydrogens is 468 g/mol. The van der Waals surface area contributed by atoms with E-state index in [0.717, 1.165) is 25.8 Å². The molecule has 0 bridgehead atoms. The van der Waals surface area contributed by atoms with Gasteiger partial charge in [-0.05, 0) is 39.5 Å². The topological polar surface area (TPSA) is 165 Å². The number of hydrogen-bond acceptors (Lipinski definition) is 9. The van der Waals surface area contributed by atoms with Gasteiger partial charge >= 0.3 is 5.97 Å². The van der Waals surface area contributed by atoms with E-state index in [2.05, 4.69) is 5.32 Å². The van der Waals surface area contributed by atoms with Gasteiger partial charge in [-0.2, -0.15) is 0 Å². The number of ketones is 1. The lowest BCUT2D eigenvalue weighted by Crippen LogP contribution is -2.95. The van der Waals surface area contributed by atoms with Crippen LogP contribution < -0.4 is 11.1 Å². The number of Topliss-reactive ketones (excluding diaryl/α,β-unsaturated/α-hetero) is 1. The number of piperidine rings is 1. The van der Waals surface area contributed by atoms with E-state index in [9.17, 15) is 24.9 Å². The van der Waals surface area contributed by atoms with Crippen molar-refractivity contribution in [1.29, 1.82) is 0 Å². The number of allylic oxidation sites excluding steroid dienone is 1. The number of fused-ring (bicyclic) bond motifs is 2. The predicted molar refractivity (Wildman–Crippen MR) is 128 cm³/mol. The summed E-state index contributed by atoms with van der Waals surface area (Å²) in [4.78, 5) is 25.6. The second-order valence-electron chi connectivity index (χ2n) is 11.3. The SMILES string of the molecule is CC=C(CO)C(=O)O[C@H]1CC2C(CC3OC(CO)CC(=O)C3C2O)O[C@@]1(C)CCC1CCC(N)[NH2+]C1. The molecule has 0 amide bonds. The van der Waals surface area contributed by atoms with Gasteiger partial charge in [0.05, 0.1) is 55.7 Å². The molecular formula is C26H43N2O8+. The van der Waals surface area contributed by atoms with Gasteiger partial charge < -0.3 is 34.8 Å². The normalized spacial score (nSPS) is 43.4. The zero-order chi connectivity index (χ0) is 26.0. The van der Waals surface area contributed by atoms with Crippen molar-refractivity contribution in [1.82, 2.24) is 0 Å². The second kappa shape index (κ2) is 11.6. The summed E-state index contributed by atoms with van der Waals surface area (Å²) in [5.41, 5.74) is 5.40. The van der Waals surface area contributed by atoms with Gasteiger partial charge in [-0.3, -0.25) is 10.5 Å². The Morgan fingerprint density at radius 3 is 2.69 bits per heavy atom. The molecule has 3 heterocycles. The Kier molecular flexibility index (Phi) is 8.87. The van der Waals surface area contributed by atoms with Crippen molar-refractivity contribution in [2.75, 3.05) is 19.8 Å². The van der Waals surface area contributed by atoms with Gasteiger partial charge in [-0.1, -0.05) is 6.08 Å². The zero-order valence-electron chi connectivity index (χ0n) is 21.4. The van der Waals surface area contributed by atoms with Crippen LogP contribution in [0.3, 0.4) is 0 Å². The third kappa shape index (κ3) is 5.70. The van der Waals surface area contributed by atoms with Crippen molar-refractivity contribution in [3.05, 3.63) is 11.6 Å². The molecule has 1 aliphatic carbocycles. The van der Waals surface area contributed by atoms with E-state index in [4.69, 9.17) is 19.9 Å². The van der Waals surface area contributed by atoms with Gasteiger partial charge in [0, 0.05) is 31.1 Å². The van der Waals surface area contributed by atoms with Crippen LogP contribution in [0, 0.1) is 17.8 Å². The second-order valence-corrected chi connectivity index (χ2v) is 11.3. The molecule has 10 atom stereocenters. The number of carbonyl (C=O) groups excluding carboxylic acids is 2. The van der Waals surface area contributed by atoms with Gasteiger partial charge in [-0.25, -0.2) is 4.79 Å². The van der Waals surface area contributed by atoms with Gasteiger partial charge in [0.25, 0.3) is 0 Å². The summed E-state index contributed by atoms with van der Waals surface area (Å²) in [6.07, 6.45) is 3.04. The van der Waals surface area contributed by atoms with E-state index in [0.29, 0.717) is 25.2 Å². The van der Waals surface area contributed by atoms with Gasteiger partial charge in [0.15, 0.2) is 0 Å². The Labute approximate surface area is 212 Å². The highest BCUT2D eigenvalue weighted by Gasteiger charge is 2.57. The Morgan fingerprint density at radius 1 is 1.28 bits per heavy atom. The summed E-state index contributed by atoms with van der Waals surface area (Å²) in [7, 11) is 0. The third-order valence-corrected chi connectivity index (χ3v) is 8.87. The minimum Gasteiger partial charge on any atom is -0.456 e. The van der Waals surface area contributed by atoms with Crippen LogP contribution in [0.1, 0.15) is 58.8 Å². The van der Waals surface area contributed by atoms with E-state index in [-0.39, 0.29) is 42.6 Å². The summed E-state index contributed by atoms with van der Waals surface area (Å²) in [5.74, 6) is -1.29. The van der Waals surface area contributed by atoms with Gasteiger partial charge in [-0.15, -0.1) is 0 Å². The molecule has 204 valence electrons. The number of aliphatic hydroxyl groups is 3. The van der Waals surface area contributed by atoms with Gasteiger partial charge in [0.2, 0.25) is 0 Å². The predicted octanol–water partition coefficient (Wildman–Crippen LogP) is -0.861. The molecule has 10 nitrogen and oxygen atoms in total. The first-order valence-electron chi connectivity index (χ1n) is 13.4. The number of nitrogens with two attached hydrogens (primary N) is 2. The monoisotopic (exact) mass is 511 g/mol. The lowest BCUT2D eigenvalue weighted by molar-refractivity contribution is -0.703. The van der Waals surface area contributed by atoms with Crippen molar-refractivity contribution in [2.45, 2.75) is 101 Å². The quantitative estimate of drug-likeness (QED) is 0.216. The van der Waals surface area contributed by atoms with Crippen molar-refractivity contribution in [2.24, 2.45) is 23.5 Å². The molecule has 4 fully saturated rings. The highest BCUT2D eigenvalue weighted by Crippen LogP contribution is 2.48. The van der Waals surface area contributed by atoms with Crippen LogP contribution in [-0.2, 0) is 23.8 Å². The van der Waals surface area contributed by atoms with Crippen LogP contribution in [0.25, 0.3) is 0 Å². The largest absolute Gasteiger partial charge is 0.456 e. The fraction of sp³-hybridized carbons (Fsp3) is 0.846. The highest BCUT2D eigenvalue weighted by atomic mass is 16.6. The fourth-order valence-electron chi connectivity index (χ4n) is 6.56. The van der Waals surface area contributed by atoms with E-state index < -0.39 is 48.5 Å². The molecule has 1 saturated carbocycles. The molecule has 0 aromatic rings. The molecule has 0 aromatic heterocycles. The molecule has 3 saturated heterocycles. The first-order chi connectivity index (χ1) is 17.2. The molecule has 36 heavy (non-hydrogen) atoms. The zero-order valence-corrected chi connectivity index (χ0v) is 21.4. The fourth-order valence-corrected chi connectivity index (χ4v) is 6.56. The van der Waals surface area contributed by atoms with E-state index in [1.807, 2.05) is 6.92 Å². The maximum Gasteiger partial charge on any atom is 0.336 e. The van der Waals surface area contributed by atoms with Crippen LogP contribution in [0.15, 0.2) is 11.6 Å². The Morgan fingerprint density at radius 2 is 2.06 bits per heavy atom. The number of carbonyl (C=O) groups is 2. The molecule has 7 N–H and O–H groups in total. The molecule has 4 aliphatic rings. The van der Waals surface area contributed by atoms with E-state index >= 15 is 0 Å². The summed E-state index contributed by atoms with van der Waals surface area (Å²) < 4.78 is 18.6. The molecule has 8 unspecified atom stereocenters. The first kappa shape index (κ1) is 27.6. The smallest absolute Gasteiger partial charge is 0.336 e. The maximum atomic E-state index is 12.8.